The van der Waals surface area contributed by atoms with Crippen molar-refractivity contribution in [1.29, 1.82) is 0 Å². The summed E-state index contributed by atoms with van der Waals surface area (Å²) in [5.74, 6) is 0. The Morgan fingerprint density at radius 3 is 1.14 bits per heavy atom. The van der Waals surface area contributed by atoms with Gasteiger partial charge < -0.3 is 5.73 Å². The predicted molar refractivity (Wildman–Crippen MR) is 131 cm³/mol. The van der Waals surface area contributed by atoms with Crippen LogP contribution < -0.4 is 5.73 Å². The molecule has 0 saturated heterocycles. The summed E-state index contributed by atoms with van der Waals surface area (Å²) in [5.41, 5.74) is 13.8. The molecule has 0 unspecified atom stereocenters. The monoisotopic (exact) mass is 503 g/mol. The van der Waals surface area contributed by atoms with Crippen LogP contribution in [0.1, 0.15) is 22.3 Å². The summed E-state index contributed by atoms with van der Waals surface area (Å²) in [5, 5.41) is 0. The maximum absolute atomic E-state index is 6.18. The van der Waals surface area contributed by atoms with Crippen LogP contribution in [-0.4, -0.2) is 0 Å². The Labute approximate surface area is 188 Å². The van der Waals surface area contributed by atoms with Gasteiger partial charge in [-0.2, -0.15) is 0 Å². The second-order valence-corrected chi connectivity index (χ2v) is 8.41. The minimum atomic E-state index is 0.696. The average molecular weight is 505 g/mol. The molecule has 0 fully saturated rings. The fourth-order valence-electron chi connectivity index (χ4n) is 3.45. The lowest BCUT2D eigenvalue weighted by atomic mass is 9.86. The van der Waals surface area contributed by atoms with Gasteiger partial charge in [0.2, 0.25) is 0 Å². The van der Waals surface area contributed by atoms with Crippen LogP contribution in [0.2, 0.25) is 0 Å². The zero-order valence-electron chi connectivity index (χ0n) is 15.6. The van der Waals surface area contributed by atoms with Crippen molar-refractivity contribution in [2.45, 2.75) is 0 Å². The van der Waals surface area contributed by atoms with Crippen LogP contribution in [0.25, 0.3) is 11.1 Å². The van der Waals surface area contributed by atoms with E-state index in [-0.39, 0.29) is 0 Å². The number of benzene rings is 4. The molecule has 2 N–H and O–H groups in total. The fourth-order valence-corrected chi connectivity index (χ4v) is 4.64. The molecular formula is C26H19Br2N. The second kappa shape index (κ2) is 8.81. The molecule has 1 nitrogen and oxygen atoms in total. The molecule has 0 spiro atoms. The number of halogens is 2. The van der Waals surface area contributed by atoms with Gasteiger partial charge in [-0.1, -0.05) is 91.0 Å². The molecule has 0 aliphatic carbocycles. The SMILES string of the molecule is Nc1c(Br)cc(C(=C(c2ccccc2)c2ccccc2)c2ccccc2)cc1Br. The Hall–Kier alpha value is -2.62. The molecule has 0 aliphatic heterocycles. The summed E-state index contributed by atoms with van der Waals surface area (Å²) < 4.78 is 1.74. The van der Waals surface area contributed by atoms with Crippen molar-refractivity contribution in [1.82, 2.24) is 0 Å². The van der Waals surface area contributed by atoms with E-state index in [1.165, 1.54) is 16.7 Å². The molecular weight excluding hydrogens is 486 g/mol. The van der Waals surface area contributed by atoms with E-state index in [1.54, 1.807) is 0 Å². The lowest BCUT2D eigenvalue weighted by Gasteiger charge is -2.19. The number of nitrogens with two attached hydrogens (primary N) is 1. The highest BCUT2D eigenvalue weighted by atomic mass is 79.9. The number of hydrogen-bond donors (Lipinski definition) is 1. The molecule has 0 atom stereocenters. The minimum Gasteiger partial charge on any atom is -0.397 e. The van der Waals surface area contributed by atoms with Crippen molar-refractivity contribution in [2.24, 2.45) is 0 Å². The molecule has 0 saturated carbocycles. The molecule has 29 heavy (non-hydrogen) atoms. The summed E-state index contributed by atoms with van der Waals surface area (Å²) in [7, 11) is 0. The maximum atomic E-state index is 6.18. The lowest BCUT2D eigenvalue weighted by Crippen LogP contribution is -1.99. The normalized spacial score (nSPS) is 10.6. The van der Waals surface area contributed by atoms with Gasteiger partial charge in [-0.25, -0.2) is 0 Å². The minimum absolute atomic E-state index is 0.696. The number of rotatable bonds is 4. The van der Waals surface area contributed by atoms with Gasteiger partial charge in [-0.05, 0) is 77.4 Å². The van der Waals surface area contributed by atoms with Crippen LogP contribution in [0, 0.1) is 0 Å². The van der Waals surface area contributed by atoms with E-state index < -0.39 is 0 Å². The second-order valence-electron chi connectivity index (χ2n) is 6.70. The van der Waals surface area contributed by atoms with E-state index in [4.69, 9.17) is 5.73 Å². The first-order valence-electron chi connectivity index (χ1n) is 9.30. The quantitative estimate of drug-likeness (QED) is 0.222. The summed E-state index contributed by atoms with van der Waals surface area (Å²) in [6, 6.07) is 35.7. The molecule has 4 aromatic carbocycles. The third-order valence-electron chi connectivity index (χ3n) is 4.81. The van der Waals surface area contributed by atoms with Crippen molar-refractivity contribution in [3.8, 4) is 0 Å². The highest BCUT2D eigenvalue weighted by Gasteiger charge is 2.17. The summed E-state index contributed by atoms with van der Waals surface area (Å²) in [6.07, 6.45) is 0. The van der Waals surface area contributed by atoms with Gasteiger partial charge >= 0.3 is 0 Å². The first-order chi connectivity index (χ1) is 14.1. The van der Waals surface area contributed by atoms with E-state index in [1.807, 2.05) is 18.2 Å². The zero-order valence-corrected chi connectivity index (χ0v) is 18.8. The van der Waals surface area contributed by atoms with E-state index in [2.05, 4.69) is 117 Å². The summed E-state index contributed by atoms with van der Waals surface area (Å²) >= 11 is 7.24. The first-order valence-corrected chi connectivity index (χ1v) is 10.9. The molecule has 4 rings (SSSR count). The Morgan fingerprint density at radius 1 is 0.483 bits per heavy atom. The summed E-state index contributed by atoms with van der Waals surface area (Å²) in [6.45, 7) is 0. The topological polar surface area (TPSA) is 26.0 Å². The van der Waals surface area contributed by atoms with Crippen LogP contribution >= 0.6 is 31.9 Å². The van der Waals surface area contributed by atoms with Crippen LogP contribution in [0.5, 0.6) is 0 Å². The Morgan fingerprint density at radius 2 is 0.793 bits per heavy atom. The van der Waals surface area contributed by atoms with E-state index >= 15 is 0 Å². The van der Waals surface area contributed by atoms with Crippen LogP contribution in [0.15, 0.2) is 112 Å². The van der Waals surface area contributed by atoms with Gasteiger partial charge in [-0.15, -0.1) is 0 Å². The van der Waals surface area contributed by atoms with E-state index in [9.17, 15) is 0 Å². The molecule has 0 bridgehead atoms. The highest BCUT2D eigenvalue weighted by Crippen LogP contribution is 2.40. The van der Waals surface area contributed by atoms with E-state index in [0.717, 1.165) is 25.6 Å². The standard InChI is InChI=1S/C26H19Br2N/c27-22-16-21(17-23(28)26(22)29)25(20-14-8-3-9-15-20)24(18-10-4-1-5-11-18)19-12-6-2-7-13-19/h1-17H,29H2. The fraction of sp³-hybridized carbons (Fsp3) is 0. The van der Waals surface area contributed by atoms with Crippen molar-refractivity contribution < 1.29 is 0 Å². The van der Waals surface area contributed by atoms with Crippen LogP contribution in [0.4, 0.5) is 5.69 Å². The van der Waals surface area contributed by atoms with Crippen molar-refractivity contribution in [2.75, 3.05) is 5.73 Å². The highest BCUT2D eigenvalue weighted by molar-refractivity contribution is 9.11. The molecule has 0 heterocycles. The zero-order chi connectivity index (χ0) is 20.2. The molecule has 0 aliphatic rings. The maximum Gasteiger partial charge on any atom is 0.0603 e. The molecule has 142 valence electrons. The smallest absolute Gasteiger partial charge is 0.0603 e. The van der Waals surface area contributed by atoms with Gasteiger partial charge in [0.15, 0.2) is 0 Å². The van der Waals surface area contributed by atoms with Gasteiger partial charge in [0.05, 0.1) is 5.69 Å². The number of anilines is 1. The molecule has 0 amide bonds. The van der Waals surface area contributed by atoms with Gasteiger partial charge in [0.1, 0.15) is 0 Å². The predicted octanol–water partition coefficient (Wildman–Crippen LogP) is 7.80. The van der Waals surface area contributed by atoms with Crippen molar-refractivity contribution in [3.63, 3.8) is 0 Å². The van der Waals surface area contributed by atoms with Crippen molar-refractivity contribution in [3.05, 3.63) is 134 Å². The van der Waals surface area contributed by atoms with E-state index in [0.29, 0.717) is 5.69 Å². The molecule has 3 heteroatoms. The van der Waals surface area contributed by atoms with Crippen LogP contribution in [0.3, 0.4) is 0 Å². The first kappa shape index (κ1) is 19.7. The molecule has 0 aromatic heterocycles. The molecule has 0 radical (unpaired) electrons. The van der Waals surface area contributed by atoms with Crippen LogP contribution in [-0.2, 0) is 0 Å². The number of hydrogen-bond acceptors (Lipinski definition) is 1. The Balaban J connectivity index is 2.13. The lowest BCUT2D eigenvalue weighted by molar-refractivity contribution is 1.48. The average Bonchev–Trinajstić information content (AvgIpc) is 2.77. The summed E-state index contributed by atoms with van der Waals surface area (Å²) in [4.78, 5) is 0. The Kier molecular flexibility index (Phi) is 5.98. The van der Waals surface area contributed by atoms with Gasteiger partial charge in [0, 0.05) is 8.95 Å². The number of nitrogen functional groups attached to an aromatic ring is 1. The van der Waals surface area contributed by atoms with Crippen molar-refractivity contribution >= 4 is 48.7 Å². The third-order valence-corrected chi connectivity index (χ3v) is 6.12. The van der Waals surface area contributed by atoms with Gasteiger partial charge in [-0.3, -0.25) is 0 Å². The largest absolute Gasteiger partial charge is 0.397 e. The van der Waals surface area contributed by atoms with Gasteiger partial charge in [0.25, 0.3) is 0 Å². The Bertz CT molecular complexity index is 1090. The molecule has 4 aromatic rings. The third kappa shape index (κ3) is 4.21.